The molecule has 0 fully saturated rings. The van der Waals surface area contributed by atoms with Gasteiger partial charge in [0, 0.05) is 12.0 Å². The van der Waals surface area contributed by atoms with Gasteiger partial charge >= 0.3 is 6.47 Å². The topological polar surface area (TPSA) is 43.4 Å². The minimum atomic E-state index is 0.0695. The average molecular weight is 191 g/mol. The van der Waals surface area contributed by atoms with Gasteiger partial charge in [0.25, 0.3) is 0 Å². The Morgan fingerprint density at radius 3 is 2.64 bits per heavy atom. The summed E-state index contributed by atoms with van der Waals surface area (Å²) < 4.78 is 4.36. The molecule has 0 spiro atoms. The molecule has 0 aliphatic heterocycles. The zero-order chi connectivity index (χ0) is 10.2. The van der Waals surface area contributed by atoms with Crippen molar-refractivity contribution >= 4 is 12.3 Å². The van der Waals surface area contributed by atoms with Gasteiger partial charge in [0.05, 0.1) is 6.61 Å². The van der Waals surface area contributed by atoms with Crippen molar-refractivity contribution in [2.45, 2.75) is 12.8 Å². The summed E-state index contributed by atoms with van der Waals surface area (Å²) in [6.07, 6.45) is 0.939. The van der Waals surface area contributed by atoms with E-state index in [1.807, 2.05) is 18.2 Å². The zero-order valence-electron chi connectivity index (χ0n) is 7.73. The van der Waals surface area contributed by atoms with Crippen LogP contribution in [0.3, 0.4) is 0 Å². The molecule has 0 aliphatic rings. The summed E-state index contributed by atoms with van der Waals surface area (Å²) in [4.78, 5) is 21.1. The first-order valence-corrected chi connectivity index (χ1v) is 4.42. The van der Waals surface area contributed by atoms with Gasteiger partial charge < -0.3 is 4.74 Å². The van der Waals surface area contributed by atoms with Crippen LogP contribution in [0, 0.1) is 0 Å². The van der Waals surface area contributed by atoms with E-state index in [-0.39, 0.29) is 12.4 Å². The van der Waals surface area contributed by atoms with Crippen molar-refractivity contribution in [2.24, 2.45) is 0 Å². The summed E-state index contributed by atoms with van der Waals surface area (Å²) in [5.74, 6) is 0.0695. The van der Waals surface area contributed by atoms with Gasteiger partial charge in [0.2, 0.25) is 0 Å². The summed E-state index contributed by atoms with van der Waals surface area (Å²) in [5, 5.41) is 0. The van der Waals surface area contributed by atoms with E-state index in [1.54, 1.807) is 12.1 Å². The van der Waals surface area contributed by atoms with Crippen LogP contribution in [-0.2, 0) is 9.53 Å². The summed E-state index contributed by atoms with van der Waals surface area (Å²) in [7, 11) is 0. The van der Waals surface area contributed by atoms with Gasteiger partial charge in [-0.05, 0) is 6.42 Å². The molecule has 1 rings (SSSR count). The predicted octanol–water partition coefficient (Wildman–Crippen LogP) is 1.73. The number of Topliss-reactive ketones (excluding diaryl/α,β-unsaturated/α-hetero) is 1. The molecule has 0 N–H and O–H groups in total. The molecule has 0 atom stereocenters. The third-order valence-electron chi connectivity index (χ3n) is 1.80. The number of hydrogen-bond donors (Lipinski definition) is 0. The van der Waals surface area contributed by atoms with E-state index in [4.69, 9.17) is 0 Å². The molecule has 1 aromatic rings. The highest BCUT2D eigenvalue weighted by Crippen LogP contribution is 2.04. The fourth-order valence-corrected chi connectivity index (χ4v) is 1.11. The third kappa shape index (κ3) is 3.39. The molecule has 73 valence electrons. The number of hydrogen-bond acceptors (Lipinski definition) is 3. The Morgan fingerprint density at radius 2 is 2.00 bits per heavy atom. The lowest BCUT2D eigenvalue weighted by Gasteiger charge is -1.99. The van der Waals surface area contributed by atoms with Crippen molar-refractivity contribution in [1.82, 2.24) is 0 Å². The van der Waals surface area contributed by atoms with Gasteiger partial charge in [-0.1, -0.05) is 30.3 Å². The molecule has 0 heterocycles. The van der Waals surface area contributed by atoms with Crippen LogP contribution in [0.15, 0.2) is 30.3 Å². The van der Waals surface area contributed by atoms with Gasteiger partial charge in [-0.3, -0.25) is 4.79 Å². The number of carbonyl (C=O) groups is 1. The second-order valence-electron chi connectivity index (χ2n) is 2.82. The molecule has 3 nitrogen and oxygen atoms in total. The highest BCUT2D eigenvalue weighted by atomic mass is 16.5. The largest absolute Gasteiger partial charge is 0.457 e. The summed E-state index contributed by atoms with van der Waals surface area (Å²) in [6.45, 7) is 1.57. The lowest BCUT2D eigenvalue weighted by molar-refractivity contribution is 0.0972. The van der Waals surface area contributed by atoms with Gasteiger partial charge in [-0.25, -0.2) is 4.79 Å². The summed E-state index contributed by atoms with van der Waals surface area (Å²) >= 11 is 0. The van der Waals surface area contributed by atoms with E-state index in [0.717, 1.165) is 0 Å². The monoisotopic (exact) mass is 191 g/mol. The Morgan fingerprint density at radius 1 is 1.29 bits per heavy atom. The second kappa shape index (κ2) is 5.91. The molecule has 0 saturated heterocycles. The maximum Gasteiger partial charge on any atom is 0.417 e. The standard InChI is InChI=1S/C11H11O3/c12-9-14-8-4-7-11(13)10-5-2-1-3-6-10/h1-3,5-6H,4,7-8H2. The lowest BCUT2D eigenvalue weighted by atomic mass is 10.1. The van der Waals surface area contributed by atoms with Crippen LogP contribution >= 0.6 is 0 Å². The minimum Gasteiger partial charge on any atom is -0.457 e. The van der Waals surface area contributed by atoms with Gasteiger partial charge in [0.1, 0.15) is 0 Å². The van der Waals surface area contributed by atoms with Crippen LogP contribution in [0.5, 0.6) is 0 Å². The SMILES string of the molecule is O=[C]OCCCC(=O)c1ccccc1. The van der Waals surface area contributed by atoms with Crippen LogP contribution < -0.4 is 0 Å². The molecule has 0 amide bonds. The lowest BCUT2D eigenvalue weighted by Crippen LogP contribution is -2.01. The van der Waals surface area contributed by atoms with Crippen molar-refractivity contribution < 1.29 is 14.3 Å². The third-order valence-corrected chi connectivity index (χ3v) is 1.80. The molecule has 0 aliphatic carbocycles. The van der Waals surface area contributed by atoms with Gasteiger partial charge in [0.15, 0.2) is 5.78 Å². The molecule has 0 saturated carbocycles. The fraction of sp³-hybridized carbons (Fsp3) is 0.273. The number of benzene rings is 1. The highest BCUT2D eigenvalue weighted by molar-refractivity contribution is 5.95. The van der Waals surface area contributed by atoms with E-state index in [0.29, 0.717) is 18.4 Å². The highest BCUT2D eigenvalue weighted by Gasteiger charge is 2.03. The first-order valence-electron chi connectivity index (χ1n) is 4.42. The van der Waals surface area contributed by atoms with Crippen LogP contribution in [0.1, 0.15) is 23.2 Å². The molecule has 0 unspecified atom stereocenters. The minimum absolute atomic E-state index is 0.0695. The summed E-state index contributed by atoms with van der Waals surface area (Å²) in [6, 6.07) is 9.05. The van der Waals surface area contributed by atoms with Gasteiger partial charge in [-0.2, -0.15) is 0 Å². The number of rotatable bonds is 6. The van der Waals surface area contributed by atoms with Crippen LogP contribution in [0.25, 0.3) is 0 Å². The van der Waals surface area contributed by atoms with Crippen molar-refractivity contribution in [2.75, 3.05) is 6.61 Å². The summed E-state index contributed by atoms with van der Waals surface area (Å²) in [5.41, 5.74) is 0.697. The first-order chi connectivity index (χ1) is 6.84. The Labute approximate surface area is 82.7 Å². The molecule has 0 aromatic heterocycles. The Balaban J connectivity index is 2.32. The van der Waals surface area contributed by atoms with E-state index >= 15 is 0 Å². The molecule has 1 aromatic carbocycles. The maximum atomic E-state index is 11.5. The van der Waals surface area contributed by atoms with Gasteiger partial charge in [-0.15, -0.1) is 0 Å². The molecular weight excluding hydrogens is 180 g/mol. The predicted molar refractivity (Wildman–Crippen MR) is 51.7 cm³/mol. The van der Waals surface area contributed by atoms with Crippen molar-refractivity contribution in [3.63, 3.8) is 0 Å². The quantitative estimate of drug-likeness (QED) is 0.508. The fourth-order valence-electron chi connectivity index (χ4n) is 1.11. The Bertz CT molecular complexity index is 293. The van der Waals surface area contributed by atoms with Crippen molar-refractivity contribution in [1.29, 1.82) is 0 Å². The Hall–Kier alpha value is -1.64. The Kier molecular flexibility index (Phi) is 4.41. The number of ether oxygens (including phenoxy) is 1. The van der Waals surface area contributed by atoms with Crippen LogP contribution in [-0.4, -0.2) is 18.9 Å². The average Bonchev–Trinajstić information content (AvgIpc) is 2.25. The van der Waals surface area contributed by atoms with Crippen LogP contribution in [0.4, 0.5) is 0 Å². The van der Waals surface area contributed by atoms with E-state index in [9.17, 15) is 9.59 Å². The van der Waals surface area contributed by atoms with E-state index in [1.165, 1.54) is 6.47 Å². The molecule has 14 heavy (non-hydrogen) atoms. The van der Waals surface area contributed by atoms with Crippen molar-refractivity contribution in [3.05, 3.63) is 35.9 Å². The molecular formula is C11H11O3. The maximum absolute atomic E-state index is 11.5. The van der Waals surface area contributed by atoms with Crippen molar-refractivity contribution in [3.8, 4) is 0 Å². The second-order valence-corrected chi connectivity index (χ2v) is 2.82. The number of carbonyl (C=O) groups excluding carboxylic acids is 2. The normalized spacial score (nSPS) is 9.43. The zero-order valence-corrected chi connectivity index (χ0v) is 7.73. The molecule has 3 heteroatoms. The molecule has 1 radical (unpaired) electrons. The smallest absolute Gasteiger partial charge is 0.417 e. The first kappa shape index (κ1) is 10.4. The number of ketones is 1. The van der Waals surface area contributed by atoms with Crippen LogP contribution in [0.2, 0.25) is 0 Å². The van der Waals surface area contributed by atoms with E-state index < -0.39 is 0 Å². The van der Waals surface area contributed by atoms with E-state index in [2.05, 4.69) is 4.74 Å². The molecule has 0 bridgehead atoms.